The number of rotatable bonds is 4. The second kappa shape index (κ2) is 5.49. The minimum atomic E-state index is 0.261. The van der Waals surface area contributed by atoms with Crippen LogP contribution in [0.3, 0.4) is 0 Å². The van der Waals surface area contributed by atoms with E-state index in [4.69, 9.17) is 0 Å². The number of halogens is 1. The first kappa shape index (κ1) is 11.7. The number of carbonyl (C=O) groups is 1. The number of benzene rings is 1. The molecule has 14 heavy (non-hydrogen) atoms. The Bertz CT molecular complexity index is 318. The normalized spacial score (nSPS) is 12.5. The molecule has 0 heterocycles. The second-order valence-corrected chi connectivity index (χ2v) is 5.74. The first-order valence-electron chi connectivity index (χ1n) is 4.83. The van der Waals surface area contributed by atoms with Crippen LogP contribution in [0.15, 0.2) is 24.3 Å². The van der Waals surface area contributed by atoms with Gasteiger partial charge >= 0.3 is 0 Å². The minimum Gasteiger partial charge on any atom is -0.294 e. The highest BCUT2D eigenvalue weighted by Gasteiger charge is 2.06. The van der Waals surface area contributed by atoms with Crippen molar-refractivity contribution >= 4 is 28.4 Å². The van der Waals surface area contributed by atoms with Crippen LogP contribution in [-0.4, -0.2) is 9.71 Å². The molecule has 0 aromatic heterocycles. The van der Waals surface area contributed by atoms with Crippen molar-refractivity contribution in [1.82, 2.24) is 0 Å². The van der Waals surface area contributed by atoms with Crippen molar-refractivity contribution in [3.63, 3.8) is 0 Å². The highest BCUT2D eigenvalue weighted by molar-refractivity contribution is 14.1. The first-order chi connectivity index (χ1) is 6.59. The molecule has 0 saturated heterocycles. The van der Waals surface area contributed by atoms with Gasteiger partial charge in [0.2, 0.25) is 0 Å². The topological polar surface area (TPSA) is 17.1 Å². The lowest BCUT2D eigenvalue weighted by atomic mass is 10.0. The van der Waals surface area contributed by atoms with Gasteiger partial charge in [0, 0.05) is 15.9 Å². The summed E-state index contributed by atoms with van der Waals surface area (Å²) in [6.07, 6.45) is 1.63. The summed E-state index contributed by atoms with van der Waals surface area (Å²) in [7, 11) is 0. The van der Waals surface area contributed by atoms with Crippen molar-refractivity contribution in [2.45, 2.75) is 30.6 Å². The van der Waals surface area contributed by atoms with E-state index in [1.54, 1.807) is 0 Å². The van der Waals surface area contributed by atoms with Crippen molar-refractivity contribution < 1.29 is 4.79 Å². The molecular formula is C12H15IO. The fourth-order valence-corrected chi connectivity index (χ4v) is 1.60. The maximum Gasteiger partial charge on any atom is 0.162 e. The monoisotopic (exact) mass is 302 g/mol. The lowest BCUT2D eigenvalue weighted by Gasteiger charge is -2.03. The van der Waals surface area contributed by atoms with Gasteiger partial charge in [-0.1, -0.05) is 53.3 Å². The van der Waals surface area contributed by atoms with Gasteiger partial charge in [-0.05, 0) is 19.4 Å². The van der Waals surface area contributed by atoms with E-state index >= 15 is 0 Å². The van der Waals surface area contributed by atoms with E-state index in [0.717, 1.165) is 17.5 Å². The van der Waals surface area contributed by atoms with E-state index in [1.165, 1.54) is 0 Å². The van der Waals surface area contributed by atoms with Crippen LogP contribution in [0.1, 0.15) is 35.7 Å². The number of carbonyl (C=O) groups excluding carboxylic acids is 1. The molecule has 0 aliphatic heterocycles. The fraction of sp³-hybridized carbons (Fsp3) is 0.417. The number of Topliss-reactive ketones (excluding diaryl/α,β-unsaturated/α-hetero) is 1. The zero-order valence-electron chi connectivity index (χ0n) is 8.59. The van der Waals surface area contributed by atoms with E-state index in [1.807, 2.05) is 31.2 Å². The highest BCUT2D eigenvalue weighted by atomic mass is 127. The summed E-state index contributed by atoms with van der Waals surface area (Å²) in [4.78, 5) is 11.7. The van der Waals surface area contributed by atoms with Crippen LogP contribution >= 0.6 is 22.6 Å². The summed E-state index contributed by atoms with van der Waals surface area (Å²) in [6.45, 7) is 4.14. The van der Waals surface area contributed by atoms with Crippen molar-refractivity contribution in [2.75, 3.05) is 0 Å². The van der Waals surface area contributed by atoms with E-state index < -0.39 is 0 Å². The Balaban J connectivity index is 2.61. The summed E-state index contributed by atoms with van der Waals surface area (Å²) in [5, 5.41) is 0. The molecule has 1 atom stereocenters. The number of hydrogen-bond donors (Lipinski definition) is 0. The standard InChI is InChI=1S/C12H15IO/c1-9-4-3-5-11(8-9)12(14)7-6-10(2)13/h3-5,8,10H,6-7H2,1-2H3. The van der Waals surface area contributed by atoms with Crippen LogP contribution in [0.25, 0.3) is 0 Å². The van der Waals surface area contributed by atoms with Gasteiger partial charge in [0.1, 0.15) is 0 Å². The predicted molar refractivity (Wildman–Crippen MR) is 68.2 cm³/mol. The van der Waals surface area contributed by atoms with Gasteiger partial charge < -0.3 is 0 Å². The summed E-state index contributed by atoms with van der Waals surface area (Å²) >= 11 is 2.35. The molecule has 0 saturated carbocycles. The molecule has 0 bridgehead atoms. The molecule has 1 aromatic rings. The SMILES string of the molecule is Cc1cccc(C(=O)CCC(C)I)c1. The first-order valence-corrected chi connectivity index (χ1v) is 6.08. The van der Waals surface area contributed by atoms with Crippen LogP contribution in [0.2, 0.25) is 0 Å². The Morgan fingerprint density at radius 1 is 1.50 bits per heavy atom. The number of hydrogen-bond acceptors (Lipinski definition) is 1. The molecule has 0 fully saturated rings. The highest BCUT2D eigenvalue weighted by Crippen LogP contribution is 2.12. The molecule has 0 aliphatic carbocycles. The van der Waals surface area contributed by atoms with Crippen molar-refractivity contribution in [3.8, 4) is 0 Å². The molecule has 1 unspecified atom stereocenters. The van der Waals surface area contributed by atoms with Gasteiger partial charge in [0.15, 0.2) is 5.78 Å². The van der Waals surface area contributed by atoms with Gasteiger partial charge in [0.25, 0.3) is 0 Å². The second-order valence-electron chi connectivity index (χ2n) is 3.61. The molecule has 0 radical (unpaired) electrons. The van der Waals surface area contributed by atoms with Crippen molar-refractivity contribution in [1.29, 1.82) is 0 Å². The number of ketones is 1. The van der Waals surface area contributed by atoms with Crippen LogP contribution in [0, 0.1) is 6.92 Å². The number of alkyl halides is 1. The zero-order chi connectivity index (χ0) is 10.6. The summed E-state index contributed by atoms with van der Waals surface area (Å²) in [6, 6.07) is 7.81. The Labute approximate surface area is 99.0 Å². The molecule has 0 N–H and O–H groups in total. The van der Waals surface area contributed by atoms with Gasteiger partial charge in [-0.25, -0.2) is 0 Å². The lowest BCUT2D eigenvalue weighted by Crippen LogP contribution is -2.02. The van der Waals surface area contributed by atoms with Crippen LogP contribution < -0.4 is 0 Å². The molecule has 0 spiro atoms. The van der Waals surface area contributed by atoms with Crippen molar-refractivity contribution in [2.24, 2.45) is 0 Å². The molecule has 76 valence electrons. The predicted octanol–water partition coefficient (Wildman–Crippen LogP) is 3.78. The molecule has 1 nitrogen and oxygen atoms in total. The third-order valence-corrected chi connectivity index (χ3v) is 2.73. The van der Waals surface area contributed by atoms with Crippen molar-refractivity contribution in [3.05, 3.63) is 35.4 Å². The van der Waals surface area contributed by atoms with Gasteiger partial charge in [-0.2, -0.15) is 0 Å². The Morgan fingerprint density at radius 2 is 2.21 bits per heavy atom. The molecule has 2 heteroatoms. The zero-order valence-corrected chi connectivity index (χ0v) is 10.7. The average Bonchev–Trinajstić information content (AvgIpc) is 2.14. The largest absolute Gasteiger partial charge is 0.294 e. The van der Waals surface area contributed by atoms with E-state index in [9.17, 15) is 4.79 Å². The molecule has 0 amide bonds. The quantitative estimate of drug-likeness (QED) is 0.470. The molecular weight excluding hydrogens is 287 g/mol. The fourth-order valence-electron chi connectivity index (χ4n) is 1.29. The average molecular weight is 302 g/mol. The van der Waals surface area contributed by atoms with E-state index in [0.29, 0.717) is 10.3 Å². The molecule has 0 aliphatic rings. The maximum atomic E-state index is 11.7. The van der Waals surface area contributed by atoms with Crippen LogP contribution in [0.4, 0.5) is 0 Å². The third kappa shape index (κ3) is 3.78. The van der Waals surface area contributed by atoms with Gasteiger partial charge in [0.05, 0.1) is 0 Å². The third-order valence-electron chi connectivity index (χ3n) is 2.11. The summed E-state index contributed by atoms with van der Waals surface area (Å²) < 4.78 is 0.571. The Kier molecular flexibility index (Phi) is 4.58. The van der Waals surface area contributed by atoms with E-state index in [2.05, 4.69) is 29.5 Å². The van der Waals surface area contributed by atoms with Gasteiger partial charge in [-0.3, -0.25) is 4.79 Å². The number of aryl methyl sites for hydroxylation is 1. The van der Waals surface area contributed by atoms with Crippen LogP contribution in [-0.2, 0) is 0 Å². The Morgan fingerprint density at radius 3 is 2.79 bits per heavy atom. The summed E-state index contributed by atoms with van der Waals surface area (Å²) in [5.41, 5.74) is 2.00. The molecule has 1 rings (SSSR count). The minimum absolute atomic E-state index is 0.261. The molecule has 1 aromatic carbocycles. The van der Waals surface area contributed by atoms with Crippen LogP contribution in [0.5, 0.6) is 0 Å². The maximum absolute atomic E-state index is 11.7. The lowest BCUT2D eigenvalue weighted by molar-refractivity contribution is 0.0980. The smallest absolute Gasteiger partial charge is 0.162 e. The van der Waals surface area contributed by atoms with E-state index in [-0.39, 0.29) is 5.78 Å². The Hall–Kier alpha value is -0.380. The van der Waals surface area contributed by atoms with Gasteiger partial charge in [-0.15, -0.1) is 0 Å². The summed E-state index contributed by atoms with van der Waals surface area (Å²) in [5.74, 6) is 0.261.